The molecule has 0 bridgehead atoms. The summed E-state index contributed by atoms with van der Waals surface area (Å²) in [7, 11) is 0. The first-order valence-electron chi connectivity index (χ1n) is 5.31. The summed E-state index contributed by atoms with van der Waals surface area (Å²) in [6.07, 6.45) is 4.83. The first-order valence-corrected chi connectivity index (χ1v) is 5.31. The van der Waals surface area contributed by atoms with Gasteiger partial charge in [-0.2, -0.15) is 0 Å². The molecule has 0 amide bonds. The molecular weight excluding hydrogens is 192 g/mol. The Morgan fingerprint density at radius 3 is 2.87 bits per heavy atom. The molecule has 0 aliphatic carbocycles. The van der Waals surface area contributed by atoms with E-state index >= 15 is 0 Å². The van der Waals surface area contributed by atoms with E-state index in [-0.39, 0.29) is 5.97 Å². The molecule has 15 heavy (non-hydrogen) atoms. The molecule has 0 aromatic carbocycles. The van der Waals surface area contributed by atoms with E-state index in [9.17, 15) is 4.79 Å². The van der Waals surface area contributed by atoms with Crippen molar-refractivity contribution in [1.82, 2.24) is 9.55 Å². The Kier molecular flexibility index (Phi) is 4.34. The molecule has 0 aliphatic rings. The van der Waals surface area contributed by atoms with Crippen molar-refractivity contribution in [3.05, 3.63) is 18.2 Å². The van der Waals surface area contributed by atoms with Crippen molar-refractivity contribution in [2.75, 3.05) is 6.61 Å². The van der Waals surface area contributed by atoms with Crippen LogP contribution in [0.15, 0.2) is 12.5 Å². The quantitative estimate of drug-likeness (QED) is 0.698. The van der Waals surface area contributed by atoms with Crippen LogP contribution in [0.2, 0.25) is 0 Å². The smallest absolute Gasteiger partial charge is 0.306 e. The van der Waals surface area contributed by atoms with Crippen molar-refractivity contribution in [2.24, 2.45) is 0 Å². The van der Waals surface area contributed by atoms with Gasteiger partial charge in [-0.05, 0) is 20.8 Å². The second kappa shape index (κ2) is 5.53. The molecule has 84 valence electrons. The van der Waals surface area contributed by atoms with E-state index in [4.69, 9.17) is 4.74 Å². The van der Waals surface area contributed by atoms with E-state index in [1.165, 1.54) is 0 Å². The van der Waals surface area contributed by atoms with Gasteiger partial charge in [0.05, 0.1) is 25.0 Å². The lowest BCUT2D eigenvalue weighted by Gasteiger charge is -2.03. The largest absolute Gasteiger partial charge is 0.466 e. The van der Waals surface area contributed by atoms with Crippen molar-refractivity contribution in [2.45, 2.75) is 39.7 Å². The SMILES string of the molecule is CCOC(=O)CCc1cn(C(C)C)cn1. The minimum absolute atomic E-state index is 0.156. The van der Waals surface area contributed by atoms with Crippen molar-refractivity contribution in [3.8, 4) is 0 Å². The average molecular weight is 210 g/mol. The maximum absolute atomic E-state index is 11.1. The summed E-state index contributed by atoms with van der Waals surface area (Å²) < 4.78 is 6.87. The highest BCUT2D eigenvalue weighted by atomic mass is 16.5. The first kappa shape index (κ1) is 11.8. The number of ether oxygens (including phenoxy) is 1. The Morgan fingerprint density at radius 1 is 1.60 bits per heavy atom. The van der Waals surface area contributed by atoms with Crippen LogP contribution in [-0.2, 0) is 16.0 Å². The Balaban J connectivity index is 2.41. The monoisotopic (exact) mass is 210 g/mol. The fraction of sp³-hybridized carbons (Fsp3) is 0.636. The zero-order valence-electron chi connectivity index (χ0n) is 9.56. The summed E-state index contributed by atoms with van der Waals surface area (Å²) in [6.45, 7) is 6.44. The third-order valence-corrected chi connectivity index (χ3v) is 2.14. The van der Waals surface area contributed by atoms with Gasteiger partial charge in [0.2, 0.25) is 0 Å². The number of imidazole rings is 1. The number of nitrogens with zero attached hydrogens (tertiary/aromatic N) is 2. The van der Waals surface area contributed by atoms with Crippen LogP contribution in [0, 0.1) is 0 Å². The molecule has 0 spiro atoms. The second-order valence-corrected chi connectivity index (χ2v) is 3.71. The van der Waals surface area contributed by atoms with Gasteiger partial charge < -0.3 is 9.30 Å². The molecule has 0 fully saturated rings. The van der Waals surface area contributed by atoms with E-state index in [0.29, 0.717) is 25.5 Å². The van der Waals surface area contributed by atoms with Crippen LogP contribution in [0.1, 0.15) is 38.9 Å². The van der Waals surface area contributed by atoms with E-state index in [2.05, 4.69) is 18.8 Å². The number of hydrogen-bond acceptors (Lipinski definition) is 3. The predicted octanol–water partition coefficient (Wildman–Crippen LogP) is 1.96. The summed E-state index contributed by atoms with van der Waals surface area (Å²) >= 11 is 0. The van der Waals surface area contributed by atoms with Crippen molar-refractivity contribution < 1.29 is 9.53 Å². The molecule has 1 aromatic rings. The summed E-state index contributed by atoms with van der Waals surface area (Å²) in [5.74, 6) is -0.156. The Morgan fingerprint density at radius 2 is 2.33 bits per heavy atom. The fourth-order valence-corrected chi connectivity index (χ4v) is 1.25. The molecule has 0 saturated carbocycles. The second-order valence-electron chi connectivity index (χ2n) is 3.71. The van der Waals surface area contributed by atoms with Gasteiger partial charge in [0, 0.05) is 18.7 Å². The number of hydrogen-bond donors (Lipinski definition) is 0. The molecule has 0 unspecified atom stereocenters. The lowest BCUT2D eigenvalue weighted by molar-refractivity contribution is -0.143. The van der Waals surface area contributed by atoms with Gasteiger partial charge >= 0.3 is 5.97 Å². The summed E-state index contributed by atoms with van der Waals surface area (Å²) in [6, 6.07) is 0.411. The highest BCUT2D eigenvalue weighted by Gasteiger charge is 2.05. The molecule has 0 atom stereocenters. The van der Waals surface area contributed by atoms with Crippen LogP contribution >= 0.6 is 0 Å². The third-order valence-electron chi connectivity index (χ3n) is 2.14. The van der Waals surface area contributed by atoms with Gasteiger partial charge in [-0.15, -0.1) is 0 Å². The van der Waals surface area contributed by atoms with Gasteiger partial charge in [0.15, 0.2) is 0 Å². The molecular formula is C11H18N2O2. The summed E-state index contributed by atoms with van der Waals surface area (Å²) in [5.41, 5.74) is 0.941. The first-order chi connectivity index (χ1) is 7.13. The zero-order valence-corrected chi connectivity index (χ0v) is 9.56. The fourth-order valence-electron chi connectivity index (χ4n) is 1.25. The highest BCUT2D eigenvalue weighted by molar-refractivity contribution is 5.69. The van der Waals surface area contributed by atoms with Gasteiger partial charge in [0.1, 0.15) is 0 Å². The van der Waals surface area contributed by atoms with Gasteiger partial charge in [-0.25, -0.2) is 4.98 Å². The van der Waals surface area contributed by atoms with Crippen LogP contribution in [0.4, 0.5) is 0 Å². The molecule has 1 rings (SSSR count). The van der Waals surface area contributed by atoms with Crippen molar-refractivity contribution >= 4 is 5.97 Å². The number of carbonyl (C=O) groups excluding carboxylic acids is 1. The number of aromatic nitrogens is 2. The Bertz CT molecular complexity index is 318. The summed E-state index contributed by atoms with van der Waals surface area (Å²) in [4.78, 5) is 15.3. The van der Waals surface area contributed by atoms with Crippen LogP contribution in [0.3, 0.4) is 0 Å². The molecule has 0 aliphatic heterocycles. The molecule has 1 heterocycles. The third kappa shape index (κ3) is 3.73. The van der Waals surface area contributed by atoms with Crippen LogP contribution in [0.25, 0.3) is 0 Å². The minimum atomic E-state index is -0.156. The lowest BCUT2D eigenvalue weighted by atomic mass is 10.2. The number of rotatable bonds is 5. The predicted molar refractivity (Wildman–Crippen MR) is 57.6 cm³/mol. The zero-order chi connectivity index (χ0) is 11.3. The normalized spacial score (nSPS) is 10.7. The van der Waals surface area contributed by atoms with E-state index in [1.54, 1.807) is 6.33 Å². The summed E-state index contributed by atoms with van der Waals surface area (Å²) in [5, 5.41) is 0. The standard InChI is InChI=1S/C11H18N2O2/c1-4-15-11(14)6-5-10-7-13(8-12-10)9(2)3/h7-9H,4-6H2,1-3H3. The number of aryl methyl sites for hydroxylation is 1. The Labute approximate surface area is 90.3 Å². The van der Waals surface area contributed by atoms with E-state index < -0.39 is 0 Å². The number of esters is 1. The van der Waals surface area contributed by atoms with Crippen LogP contribution in [0.5, 0.6) is 0 Å². The lowest BCUT2D eigenvalue weighted by Crippen LogP contribution is -2.05. The van der Waals surface area contributed by atoms with E-state index in [0.717, 1.165) is 5.69 Å². The molecule has 0 radical (unpaired) electrons. The maximum Gasteiger partial charge on any atom is 0.306 e. The van der Waals surface area contributed by atoms with E-state index in [1.807, 2.05) is 17.7 Å². The van der Waals surface area contributed by atoms with Crippen LogP contribution < -0.4 is 0 Å². The van der Waals surface area contributed by atoms with Crippen molar-refractivity contribution in [3.63, 3.8) is 0 Å². The van der Waals surface area contributed by atoms with Gasteiger partial charge in [0.25, 0.3) is 0 Å². The molecule has 0 saturated heterocycles. The molecule has 4 nitrogen and oxygen atoms in total. The van der Waals surface area contributed by atoms with Crippen LogP contribution in [-0.4, -0.2) is 22.1 Å². The molecule has 4 heteroatoms. The Hall–Kier alpha value is -1.32. The average Bonchev–Trinajstić information content (AvgIpc) is 2.63. The molecule has 1 aromatic heterocycles. The van der Waals surface area contributed by atoms with Gasteiger partial charge in [-0.3, -0.25) is 4.79 Å². The van der Waals surface area contributed by atoms with Crippen molar-refractivity contribution in [1.29, 1.82) is 0 Å². The minimum Gasteiger partial charge on any atom is -0.466 e. The molecule has 0 N–H and O–H groups in total. The maximum atomic E-state index is 11.1. The number of carbonyl (C=O) groups is 1. The van der Waals surface area contributed by atoms with Gasteiger partial charge in [-0.1, -0.05) is 0 Å². The topological polar surface area (TPSA) is 44.1 Å². The highest BCUT2D eigenvalue weighted by Crippen LogP contribution is 2.07.